The number of nitrogens with zero attached hydrogens (tertiary/aromatic N) is 1. The van der Waals surface area contributed by atoms with Gasteiger partial charge in [-0.1, -0.05) is 145 Å². The van der Waals surface area contributed by atoms with Crippen LogP contribution in [0, 0.1) is 0 Å². The molecule has 1 heterocycles. The van der Waals surface area contributed by atoms with Crippen LogP contribution in [0.2, 0.25) is 0 Å². The van der Waals surface area contributed by atoms with E-state index in [9.17, 15) is 11.0 Å². The third-order valence-corrected chi connectivity index (χ3v) is 9.26. The Morgan fingerprint density at radius 3 is 1.77 bits per heavy atom. The van der Waals surface area contributed by atoms with E-state index < -0.39 is 95.4 Å². The number of furan rings is 1. The Morgan fingerprint density at radius 2 is 1.00 bits per heavy atom. The first-order valence-electron chi connectivity index (χ1n) is 23.2. The van der Waals surface area contributed by atoms with Gasteiger partial charge in [0.15, 0.2) is 0 Å². The molecule has 0 saturated heterocycles. The highest BCUT2D eigenvalue weighted by atomic mass is 16.3. The van der Waals surface area contributed by atoms with Gasteiger partial charge in [-0.15, -0.1) is 0 Å². The fourth-order valence-electron chi connectivity index (χ4n) is 6.78. The van der Waals surface area contributed by atoms with Gasteiger partial charge >= 0.3 is 0 Å². The molecule has 0 unspecified atom stereocenters. The highest BCUT2D eigenvalue weighted by Gasteiger charge is 2.20. The van der Waals surface area contributed by atoms with E-state index in [1.165, 1.54) is 4.90 Å². The van der Waals surface area contributed by atoms with Gasteiger partial charge in [0.1, 0.15) is 11.2 Å². The summed E-state index contributed by atoms with van der Waals surface area (Å²) >= 11 is 0. The zero-order chi connectivity index (χ0) is 45.7. The van der Waals surface area contributed by atoms with Crippen molar-refractivity contribution >= 4 is 60.5 Å². The van der Waals surface area contributed by atoms with Gasteiger partial charge in [0.2, 0.25) is 0 Å². The lowest BCUT2D eigenvalue weighted by Crippen LogP contribution is -2.10. The highest BCUT2D eigenvalue weighted by Crippen LogP contribution is 2.45. The largest absolute Gasteiger partial charge is 0.455 e. The molecule has 0 spiro atoms. The predicted octanol–water partition coefficient (Wildman–Crippen LogP) is 14.4. The molecule has 2 nitrogen and oxygen atoms in total. The molecule has 0 amide bonds. The Labute approximate surface area is 320 Å². The lowest BCUT2D eigenvalue weighted by atomic mass is 9.97. The van der Waals surface area contributed by atoms with Crippen molar-refractivity contribution in [2.24, 2.45) is 0 Å². The molecular formula is C50H33NO. The van der Waals surface area contributed by atoms with Crippen LogP contribution < -0.4 is 4.90 Å². The first-order valence-corrected chi connectivity index (χ1v) is 16.7. The van der Waals surface area contributed by atoms with Crippen LogP contribution in [0.1, 0.15) is 17.8 Å². The molecule has 0 radical (unpaired) electrons. The molecular weight excluding hydrogens is 631 g/mol. The smallest absolute Gasteiger partial charge is 0.143 e. The van der Waals surface area contributed by atoms with E-state index in [0.717, 1.165) is 32.7 Å². The molecule has 0 N–H and O–H groups in total. The summed E-state index contributed by atoms with van der Waals surface area (Å²) in [5, 5.41) is 4.76. The van der Waals surface area contributed by atoms with Gasteiger partial charge in [0.05, 0.1) is 28.9 Å². The maximum atomic E-state index is 9.67. The number of anilines is 3. The SMILES string of the molecule is [2H]c1c([2H])c([2H])c(-c2c([2H])c([2H])c(N(c3c([2H])c([2H])c(-c4cccc(-c5ccc6ccccc6c5)c4)c([2H])c3[2H])c3cccc4oc5c6ccccc6ccc5c34)c([2H])c2[2H])c([2H])c1[2H]. The normalized spacial score (nSPS) is 15.0. The van der Waals surface area contributed by atoms with Crippen molar-refractivity contribution in [3.8, 4) is 33.4 Å². The molecule has 0 aliphatic rings. The quantitative estimate of drug-likeness (QED) is 0.174. The summed E-state index contributed by atoms with van der Waals surface area (Å²) in [4.78, 5) is 1.19. The average molecular weight is 677 g/mol. The summed E-state index contributed by atoms with van der Waals surface area (Å²) < 4.78 is 124. The van der Waals surface area contributed by atoms with E-state index in [1.54, 1.807) is 36.4 Å². The van der Waals surface area contributed by atoms with Crippen molar-refractivity contribution in [1.29, 1.82) is 0 Å². The summed E-state index contributed by atoms with van der Waals surface area (Å²) in [5.41, 5.74) is 1.16. The third kappa shape index (κ3) is 5.21. The van der Waals surface area contributed by atoms with Crippen LogP contribution in [0.25, 0.3) is 76.9 Å². The minimum atomic E-state index is -0.753. The number of hydrogen-bond donors (Lipinski definition) is 0. The van der Waals surface area contributed by atoms with Gasteiger partial charge in [0.25, 0.3) is 0 Å². The van der Waals surface area contributed by atoms with Gasteiger partial charge in [-0.3, -0.25) is 0 Å². The van der Waals surface area contributed by atoms with Gasteiger partial charge < -0.3 is 9.32 Å². The van der Waals surface area contributed by atoms with Crippen LogP contribution in [0.3, 0.4) is 0 Å². The lowest BCUT2D eigenvalue weighted by molar-refractivity contribution is 0.672. The Morgan fingerprint density at radius 1 is 0.404 bits per heavy atom. The summed E-state index contributed by atoms with van der Waals surface area (Å²) in [6.45, 7) is 0. The van der Waals surface area contributed by atoms with Crippen LogP contribution in [-0.2, 0) is 0 Å². The minimum absolute atomic E-state index is 0.000804. The Hall–Kier alpha value is -6.90. The topological polar surface area (TPSA) is 16.4 Å². The molecule has 9 aromatic carbocycles. The summed E-state index contributed by atoms with van der Waals surface area (Å²) in [6, 6.07) is 28.9. The molecule has 10 rings (SSSR count). The lowest BCUT2D eigenvalue weighted by Gasteiger charge is -2.26. The predicted molar refractivity (Wildman–Crippen MR) is 220 cm³/mol. The second kappa shape index (κ2) is 12.5. The van der Waals surface area contributed by atoms with Gasteiger partial charge in [-0.2, -0.15) is 0 Å². The van der Waals surface area contributed by atoms with Crippen molar-refractivity contribution in [2.45, 2.75) is 0 Å². The molecule has 0 aliphatic carbocycles. The van der Waals surface area contributed by atoms with Crippen LogP contribution in [0.15, 0.2) is 204 Å². The van der Waals surface area contributed by atoms with Crippen LogP contribution in [0.5, 0.6) is 0 Å². The third-order valence-electron chi connectivity index (χ3n) is 9.26. The Kier molecular flexibility index (Phi) is 4.67. The Balaban J connectivity index is 1.26. The fraction of sp³-hybridized carbons (Fsp3) is 0. The molecule has 1 aromatic heterocycles. The zero-order valence-corrected chi connectivity index (χ0v) is 27.4. The van der Waals surface area contributed by atoms with E-state index in [-0.39, 0.29) is 16.9 Å². The fourth-order valence-corrected chi connectivity index (χ4v) is 6.78. The molecule has 0 aliphatic heterocycles. The number of fused-ring (bicyclic) bond motifs is 6. The summed E-state index contributed by atoms with van der Waals surface area (Å²) in [5.74, 6) is 0. The maximum Gasteiger partial charge on any atom is 0.143 e. The number of benzene rings is 9. The molecule has 0 bridgehead atoms. The van der Waals surface area contributed by atoms with Crippen molar-refractivity contribution in [3.05, 3.63) is 200 Å². The Bertz CT molecular complexity index is 3590. The zero-order valence-electron chi connectivity index (χ0n) is 40.4. The molecule has 2 heteroatoms. The van der Waals surface area contributed by atoms with E-state index in [1.807, 2.05) is 84.9 Å². The first-order chi connectivity index (χ1) is 31.2. The number of hydrogen-bond acceptors (Lipinski definition) is 2. The van der Waals surface area contributed by atoms with Gasteiger partial charge in [-0.05, 0) is 104 Å². The van der Waals surface area contributed by atoms with Gasteiger partial charge in [-0.25, -0.2) is 0 Å². The summed E-state index contributed by atoms with van der Waals surface area (Å²) in [7, 11) is 0. The summed E-state index contributed by atoms with van der Waals surface area (Å²) in [6.07, 6.45) is 0. The van der Waals surface area contributed by atoms with E-state index >= 15 is 0 Å². The maximum absolute atomic E-state index is 9.67. The van der Waals surface area contributed by atoms with E-state index in [4.69, 9.17) is 11.3 Å². The van der Waals surface area contributed by atoms with Crippen molar-refractivity contribution in [2.75, 3.05) is 4.90 Å². The second-order valence-corrected chi connectivity index (χ2v) is 12.3. The molecule has 244 valence electrons. The standard InChI is InChI=1S/C50H33NO/c1-2-10-34(11-3-1)36-22-27-43(28-23-36)51(47-18-9-19-48-49(47)46-31-26-38-13-6-7-17-45(38)50(46)52-48)44-29-24-37(25-30-44)40-15-8-16-41(32-40)42-21-20-35-12-4-5-14-39(35)33-42/h1-33H/i1D,2D,3D,10D,11D,22D,23D,24D,25D,27D,28D,29D,30D. The molecule has 0 saturated carbocycles. The molecule has 52 heavy (non-hydrogen) atoms. The van der Waals surface area contributed by atoms with Gasteiger partial charge in [0, 0.05) is 22.1 Å². The van der Waals surface area contributed by atoms with E-state index in [0.29, 0.717) is 27.5 Å². The number of rotatable bonds is 6. The van der Waals surface area contributed by atoms with Crippen LogP contribution >= 0.6 is 0 Å². The average Bonchev–Trinajstić information content (AvgIpc) is 3.72. The van der Waals surface area contributed by atoms with Crippen molar-refractivity contribution in [3.63, 3.8) is 0 Å². The molecule has 0 fully saturated rings. The van der Waals surface area contributed by atoms with Crippen LogP contribution in [-0.4, -0.2) is 0 Å². The molecule has 0 atom stereocenters. The minimum Gasteiger partial charge on any atom is -0.455 e. The molecule has 10 aromatic rings. The van der Waals surface area contributed by atoms with Crippen molar-refractivity contribution < 1.29 is 22.2 Å². The first kappa shape index (κ1) is 19.5. The second-order valence-electron chi connectivity index (χ2n) is 12.3. The monoisotopic (exact) mass is 676 g/mol. The highest BCUT2D eigenvalue weighted by molar-refractivity contribution is 6.19. The van der Waals surface area contributed by atoms with Crippen molar-refractivity contribution in [1.82, 2.24) is 0 Å². The van der Waals surface area contributed by atoms with Crippen LogP contribution in [0.4, 0.5) is 17.1 Å². The van der Waals surface area contributed by atoms with E-state index in [2.05, 4.69) is 0 Å².